The smallest absolute Gasteiger partial charge is 0.323 e. The van der Waals surface area contributed by atoms with E-state index in [4.69, 9.17) is 16.7 Å². The number of carbonyl (C=O) groups excluding carboxylic acids is 2. The molecule has 8 heteroatoms. The van der Waals surface area contributed by atoms with Crippen LogP contribution in [-0.4, -0.2) is 38.2 Å². The van der Waals surface area contributed by atoms with Crippen molar-refractivity contribution in [1.29, 1.82) is 0 Å². The number of rotatable bonds is 4. The second kappa shape index (κ2) is 7.01. The Kier molecular flexibility index (Phi) is 4.93. The first-order valence-electron chi connectivity index (χ1n) is 7.70. The summed E-state index contributed by atoms with van der Waals surface area (Å²) in [6.07, 6.45) is 1.63. The van der Waals surface area contributed by atoms with Crippen molar-refractivity contribution in [3.63, 3.8) is 0 Å². The van der Waals surface area contributed by atoms with Crippen molar-refractivity contribution in [3.8, 4) is 5.69 Å². The maximum atomic E-state index is 12.3. The minimum atomic E-state index is -1.23. The van der Waals surface area contributed by atoms with Gasteiger partial charge in [-0.25, -0.2) is 0 Å². The third-order valence-electron chi connectivity index (χ3n) is 4.01. The van der Waals surface area contributed by atoms with E-state index in [9.17, 15) is 14.4 Å². The van der Waals surface area contributed by atoms with Crippen LogP contribution >= 0.6 is 23.4 Å². The Balaban J connectivity index is 1.96. The number of benzene rings is 1. The number of imide groups is 1. The van der Waals surface area contributed by atoms with Gasteiger partial charge in [-0.15, -0.1) is 0 Å². The molecule has 2 heterocycles. The number of aryl methyl sites for hydroxylation is 1. The van der Waals surface area contributed by atoms with Gasteiger partial charge in [0, 0.05) is 22.1 Å². The Morgan fingerprint density at radius 2 is 1.88 bits per heavy atom. The molecule has 3 rings (SSSR count). The Morgan fingerprint density at radius 3 is 2.50 bits per heavy atom. The first-order chi connectivity index (χ1) is 12.3. The molecule has 1 fully saturated rings. The molecule has 2 amide bonds. The minimum Gasteiger partial charge on any atom is -0.480 e. The molecule has 1 N–H and O–H groups in total. The number of hydrogen-bond donors (Lipinski definition) is 1. The number of amides is 2. The molecule has 1 aromatic heterocycles. The molecule has 1 saturated heterocycles. The van der Waals surface area contributed by atoms with Crippen molar-refractivity contribution in [3.05, 3.63) is 57.2 Å². The largest absolute Gasteiger partial charge is 0.480 e. The van der Waals surface area contributed by atoms with Gasteiger partial charge in [0.05, 0.1) is 4.91 Å². The van der Waals surface area contributed by atoms with Crippen LogP contribution in [0.4, 0.5) is 4.79 Å². The summed E-state index contributed by atoms with van der Waals surface area (Å²) in [5, 5.41) is 8.90. The topological polar surface area (TPSA) is 79.6 Å². The predicted molar refractivity (Wildman–Crippen MR) is 101 cm³/mol. The van der Waals surface area contributed by atoms with Crippen molar-refractivity contribution < 1.29 is 19.5 Å². The lowest BCUT2D eigenvalue weighted by molar-refractivity contribution is -0.140. The Morgan fingerprint density at radius 1 is 1.23 bits per heavy atom. The van der Waals surface area contributed by atoms with Gasteiger partial charge in [-0.2, -0.15) is 0 Å². The van der Waals surface area contributed by atoms with Crippen LogP contribution in [0.25, 0.3) is 11.8 Å². The number of nitrogens with zero attached hydrogens (tertiary/aromatic N) is 2. The summed E-state index contributed by atoms with van der Waals surface area (Å²) in [6, 6.07) is 9.30. The predicted octanol–water partition coefficient (Wildman–Crippen LogP) is 3.87. The van der Waals surface area contributed by atoms with Crippen LogP contribution < -0.4 is 0 Å². The molecule has 134 valence electrons. The number of hydrogen-bond acceptors (Lipinski definition) is 4. The van der Waals surface area contributed by atoms with Gasteiger partial charge in [-0.3, -0.25) is 19.3 Å². The van der Waals surface area contributed by atoms with E-state index < -0.39 is 23.7 Å². The van der Waals surface area contributed by atoms with E-state index >= 15 is 0 Å². The van der Waals surface area contributed by atoms with Crippen LogP contribution in [0.5, 0.6) is 0 Å². The maximum absolute atomic E-state index is 12.3. The zero-order chi connectivity index (χ0) is 19.0. The van der Waals surface area contributed by atoms with Crippen molar-refractivity contribution in [2.24, 2.45) is 0 Å². The minimum absolute atomic E-state index is 0.215. The van der Waals surface area contributed by atoms with Gasteiger partial charge in [0.25, 0.3) is 11.1 Å². The molecular weight excluding hydrogens is 376 g/mol. The maximum Gasteiger partial charge on any atom is 0.323 e. The first-order valence-corrected chi connectivity index (χ1v) is 8.89. The zero-order valence-corrected chi connectivity index (χ0v) is 15.6. The molecule has 0 spiro atoms. The SMILES string of the molecule is Cc1cc(/C=C2\SC(=O)N(CC(=O)O)C2=O)c(C)n1-c1ccc(Cl)cc1. The molecule has 1 aliphatic heterocycles. The summed E-state index contributed by atoms with van der Waals surface area (Å²) < 4.78 is 2.02. The fourth-order valence-corrected chi connectivity index (χ4v) is 3.79. The van der Waals surface area contributed by atoms with E-state index in [2.05, 4.69) is 0 Å². The van der Waals surface area contributed by atoms with Gasteiger partial charge in [0.2, 0.25) is 0 Å². The molecule has 0 saturated carbocycles. The summed E-state index contributed by atoms with van der Waals surface area (Å²) in [5.41, 5.74) is 3.58. The van der Waals surface area contributed by atoms with Gasteiger partial charge in [0.15, 0.2) is 0 Å². The average molecular weight is 391 g/mol. The molecule has 1 aromatic carbocycles. The van der Waals surface area contributed by atoms with Crippen LogP contribution in [-0.2, 0) is 9.59 Å². The van der Waals surface area contributed by atoms with Crippen molar-refractivity contribution in [2.75, 3.05) is 6.54 Å². The molecule has 0 radical (unpaired) electrons. The van der Waals surface area contributed by atoms with Gasteiger partial charge in [-0.1, -0.05) is 11.6 Å². The van der Waals surface area contributed by atoms with Crippen LogP contribution in [0.3, 0.4) is 0 Å². The standard InChI is InChI=1S/C18H15ClN2O4S/c1-10-7-12(11(2)21(10)14-5-3-13(19)4-6-14)8-15-17(24)20(9-16(22)23)18(25)26-15/h3-8H,9H2,1-2H3,(H,22,23)/b15-8-. The number of thioether (sulfide) groups is 1. The highest BCUT2D eigenvalue weighted by Crippen LogP contribution is 2.33. The summed E-state index contributed by atoms with van der Waals surface area (Å²) in [5.74, 6) is -1.81. The molecule has 0 unspecified atom stereocenters. The summed E-state index contributed by atoms with van der Waals surface area (Å²) in [4.78, 5) is 35.9. The van der Waals surface area contributed by atoms with Crippen LogP contribution in [0.1, 0.15) is 17.0 Å². The van der Waals surface area contributed by atoms with Crippen LogP contribution in [0.2, 0.25) is 5.02 Å². The molecule has 0 aliphatic carbocycles. The Bertz CT molecular complexity index is 947. The van der Waals surface area contributed by atoms with Crippen molar-refractivity contribution >= 4 is 46.6 Å². The van der Waals surface area contributed by atoms with Gasteiger partial charge < -0.3 is 9.67 Å². The normalized spacial score (nSPS) is 16.0. The number of halogens is 1. The quantitative estimate of drug-likeness (QED) is 0.801. The van der Waals surface area contributed by atoms with E-state index in [0.29, 0.717) is 5.02 Å². The van der Waals surface area contributed by atoms with E-state index in [0.717, 1.165) is 39.3 Å². The summed E-state index contributed by atoms with van der Waals surface area (Å²) >= 11 is 6.69. The lowest BCUT2D eigenvalue weighted by Crippen LogP contribution is -2.33. The zero-order valence-electron chi connectivity index (χ0n) is 14.0. The fraction of sp³-hybridized carbons (Fsp3) is 0.167. The monoisotopic (exact) mass is 390 g/mol. The second-order valence-corrected chi connectivity index (χ2v) is 7.23. The molecule has 6 nitrogen and oxygen atoms in total. The number of carboxylic acid groups (broad SMARTS) is 1. The highest BCUT2D eigenvalue weighted by atomic mass is 35.5. The Labute approximate surface area is 159 Å². The Hall–Kier alpha value is -2.51. The third kappa shape index (κ3) is 3.40. The summed E-state index contributed by atoms with van der Waals surface area (Å²) in [7, 11) is 0. The second-order valence-electron chi connectivity index (χ2n) is 5.80. The van der Waals surface area contributed by atoms with Crippen LogP contribution in [0.15, 0.2) is 35.2 Å². The first kappa shape index (κ1) is 18.3. The van der Waals surface area contributed by atoms with Crippen molar-refractivity contribution in [1.82, 2.24) is 9.47 Å². The number of aliphatic carboxylic acids is 1. The summed E-state index contributed by atoms with van der Waals surface area (Å²) in [6.45, 7) is 3.22. The molecule has 0 atom stereocenters. The van der Waals surface area contributed by atoms with Gasteiger partial charge in [-0.05, 0) is 67.6 Å². The highest BCUT2D eigenvalue weighted by molar-refractivity contribution is 8.18. The molecule has 26 heavy (non-hydrogen) atoms. The lowest BCUT2D eigenvalue weighted by Gasteiger charge is -2.09. The molecule has 1 aliphatic rings. The molecular formula is C18H15ClN2O4S. The van der Waals surface area contributed by atoms with E-state index in [1.54, 1.807) is 18.2 Å². The highest BCUT2D eigenvalue weighted by Gasteiger charge is 2.36. The van der Waals surface area contributed by atoms with E-state index in [1.165, 1.54) is 0 Å². The van der Waals surface area contributed by atoms with E-state index in [-0.39, 0.29) is 4.91 Å². The van der Waals surface area contributed by atoms with Crippen LogP contribution in [0, 0.1) is 13.8 Å². The third-order valence-corrected chi connectivity index (χ3v) is 5.17. The number of aromatic nitrogens is 1. The number of carboxylic acids is 1. The van der Waals surface area contributed by atoms with Crippen molar-refractivity contribution in [2.45, 2.75) is 13.8 Å². The van der Waals surface area contributed by atoms with Gasteiger partial charge in [0.1, 0.15) is 6.54 Å². The average Bonchev–Trinajstić information content (AvgIpc) is 2.99. The van der Waals surface area contributed by atoms with E-state index in [1.807, 2.05) is 36.6 Å². The fourth-order valence-electron chi connectivity index (χ4n) is 2.83. The lowest BCUT2D eigenvalue weighted by atomic mass is 10.2. The van der Waals surface area contributed by atoms with Gasteiger partial charge >= 0.3 is 5.97 Å². The number of carbonyl (C=O) groups is 3. The molecule has 2 aromatic rings. The molecule has 0 bridgehead atoms.